The molecular weight excluding hydrogens is 378 g/mol. The van der Waals surface area contributed by atoms with E-state index in [-0.39, 0.29) is 4.90 Å². The first-order valence-electron chi connectivity index (χ1n) is 6.05. The molecule has 2 aromatic rings. The molecule has 0 aromatic heterocycles. The van der Waals surface area contributed by atoms with E-state index >= 15 is 0 Å². The van der Waals surface area contributed by atoms with Crippen LogP contribution in [0.25, 0.3) is 0 Å². The Kier molecular flexibility index (Phi) is 4.93. The van der Waals surface area contributed by atoms with Gasteiger partial charge in [-0.25, -0.2) is 8.42 Å². The van der Waals surface area contributed by atoms with Gasteiger partial charge >= 0.3 is 0 Å². The highest BCUT2D eigenvalue weighted by Gasteiger charge is 2.16. The molecule has 0 spiro atoms. The maximum Gasteiger partial charge on any atom is 0.261 e. The van der Waals surface area contributed by atoms with Crippen LogP contribution in [0.15, 0.2) is 51.8 Å². The zero-order valence-electron chi connectivity index (χ0n) is 11.0. The summed E-state index contributed by atoms with van der Waals surface area (Å²) in [6.07, 6.45) is -0.734. The molecule has 0 amide bonds. The lowest BCUT2D eigenvalue weighted by Crippen LogP contribution is -2.13. The highest BCUT2D eigenvalue weighted by molar-refractivity contribution is 9.10. The second kappa shape index (κ2) is 6.36. The van der Waals surface area contributed by atoms with Crippen LogP contribution < -0.4 is 4.72 Å². The van der Waals surface area contributed by atoms with E-state index in [0.717, 1.165) is 0 Å². The Morgan fingerprint density at radius 2 is 1.95 bits per heavy atom. The maximum atomic E-state index is 12.3. The van der Waals surface area contributed by atoms with Crippen molar-refractivity contribution in [3.63, 3.8) is 0 Å². The van der Waals surface area contributed by atoms with Gasteiger partial charge in [0, 0.05) is 4.47 Å². The van der Waals surface area contributed by atoms with E-state index in [1.165, 1.54) is 18.2 Å². The second-order valence-electron chi connectivity index (χ2n) is 4.48. The molecule has 0 heterocycles. The molecule has 0 aliphatic carbocycles. The number of benzene rings is 2. The van der Waals surface area contributed by atoms with Crippen molar-refractivity contribution in [2.24, 2.45) is 0 Å². The van der Waals surface area contributed by atoms with E-state index in [2.05, 4.69) is 20.7 Å². The van der Waals surface area contributed by atoms with Crippen molar-refractivity contribution in [1.29, 1.82) is 0 Å². The Morgan fingerprint density at radius 3 is 2.57 bits per heavy atom. The summed E-state index contributed by atoms with van der Waals surface area (Å²) in [6.45, 7) is 1.58. The summed E-state index contributed by atoms with van der Waals surface area (Å²) >= 11 is 9.18. The molecule has 2 N–H and O–H groups in total. The fraction of sp³-hybridized carbons (Fsp3) is 0.143. The van der Waals surface area contributed by atoms with Gasteiger partial charge in [0.1, 0.15) is 0 Å². The lowest BCUT2D eigenvalue weighted by Gasteiger charge is -2.11. The largest absolute Gasteiger partial charge is 0.389 e. The highest BCUT2D eigenvalue weighted by atomic mass is 79.9. The summed E-state index contributed by atoms with van der Waals surface area (Å²) in [5.74, 6) is 0. The van der Waals surface area contributed by atoms with E-state index in [0.29, 0.717) is 20.7 Å². The van der Waals surface area contributed by atoms with Crippen molar-refractivity contribution < 1.29 is 13.5 Å². The summed E-state index contributed by atoms with van der Waals surface area (Å²) in [4.78, 5) is 0.0833. The quantitative estimate of drug-likeness (QED) is 0.830. The third kappa shape index (κ3) is 3.97. The van der Waals surface area contributed by atoms with Crippen molar-refractivity contribution in [3.05, 3.63) is 57.5 Å². The van der Waals surface area contributed by atoms with E-state index in [4.69, 9.17) is 11.6 Å². The third-order valence-corrected chi connectivity index (χ3v) is 5.43. The number of rotatable bonds is 4. The monoisotopic (exact) mass is 389 g/mol. The fourth-order valence-corrected chi connectivity index (χ4v) is 3.25. The normalized spacial score (nSPS) is 13.0. The molecular formula is C14H13BrClNO3S. The van der Waals surface area contributed by atoms with Crippen molar-refractivity contribution >= 4 is 43.2 Å². The minimum atomic E-state index is -3.73. The van der Waals surface area contributed by atoms with Gasteiger partial charge in [-0.3, -0.25) is 4.72 Å². The zero-order chi connectivity index (χ0) is 15.6. The van der Waals surface area contributed by atoms with Gasteiger partial charge < -0.3 is 5.11 Å². The van der Waals surface area contributed by atoms with Crippen molar-refractivity contribution in [1.82, 2.24) is 0 Å². The lowest BCUT2D eigenvalue weighted by molar-refractivity contribution is 0.199. The average Bonchev–Trinajstić information content (AvgIpc) is 2.43. The van der Waals surface area contributed by atoms with Gasteiger partial charge in [-0.1, -0.05) is 23.7 Å². The molecule has 0 saturated heterocycles. The minimum absolute atomic E-state index is 0.0833. The smallest absolute Gasteiger partial charge is 0.261 e. The molecule has 0 saturated carbocycles. The first-order valence-corrected chi connectivity index (χ1v) is 8.71. The molecule has 7 heteroatoms. The van der Waals surface area contributed by atoms with E-state index in [1.54, 1.807) is 31.2 Å². The molecule has 0 aliphatic heterocycles. The Morgan fingerprint density at radius 1 is 1.24 bits per heavy atom. The molecule has 0 aliphatic rings. The van der Waals surface area contributed by atoms with Crippen LogP contribution in [0.1, 0.15) is 18.6 Å². The molecule has 21 heavy (non-hydrogen) atoms. The first-order chi connectivity index (χ1) is 9.79. The minimum Gasteiger partial charge on any atom is -0.389 e. The number of nitrogens with one attached hydrogen (secondary N) is 1. The molecule has 112 valence electrons. The Balaban J connectivity index is 2.33. The van der Waals surface area contributed by atoms with Crippen LogP contribution in [0.3, 0.4) is 0 Å². The van der Waals surface area contributed by atoms with Gasteiger partial charge in [0.15, 0.2) is 0 Å². The van der Waals surface area contributed by atoms with Crippen LogP contribution in [-0.4, -0.2) is 13.5 Å². The van der Waals surface area contributed by atoms with Gasteiger partial charge in [-0.2, -0.15) is 0 Å². The van der Waals surface area contributed by atoms with Gasteiger partial charge in [-0.05, 0) is 58.7 Å². The predicted octanol–water partition coefficient (Wildman–Crippen LogP) is 3.96. The number of hydrogen-bond donors (Lipinski definition) is 2. The van der Waals surface area contributed by atoms with Crippen molar-refractivity contribution in [2.45, 2.75) is 17.9 Å². The predicted molar refractivity (Wildman–Crippen MR) is 87.0 cm³/mol. The topological polar surface area (TPSA) is 66.4 Å². The number of aliphatic hydroxyl groups excluding tert-OH is 1. The van der Waals surface area contributed by atoms with E-state index in [1.807, 2.05) is 0 Å². The number of aliphatic hydroxyl groups is 1. The molecule has 1 atom stereocenters. The number of anilines is 1. The Hall–Kier alpha value is -1.08. The van der Waals surface area contributed by atoms with Crippen LogP contribution in [0.4, 0.5) is 5.69 Å². The number of halogens is 2. The standard InChI is InChI=1S/C14H13BrClNO3S/c1-9(18)10-3-2-4-12(7-10)21(19,20)17-11-5-6-13(15)14(16)8-11/h2-9,17-18H,1H3. The summed E-state index contributed by atoms with van der Waals surface area (Å²) in [6, 6.07) is 10.9. The molecule has 2 rings (SSSR count). The summed E-state index contributed by atoms with van der Waals surface area (Å²) < 4.78 is 27.8. The molecule has 0 fully saturated rings. The van der Waals surface area contributed by atoms with Gasteiger partial charge in [-0.15, -0.1) is 0 Å². The van der Waals surface area contributed by atoms with Gasteiger partial charge in [0.25, 0.3) is 10.0 Å². The summed E-state index contributed by atoms with van der Waals surface area (Å²) in [7, 11) is -3.73. The fourth-order valence-electron chi connectivity index (χ4n) is 1.72. The average molecular weight is 391 g/mol. The van der Waals surface area contributed by atoms with Crippen molar-refractivity contribution in [3.8, 4) is 0 Å². The lowest BCUT2D eigenvalue weighted by atomic mass is 10.1. The van der Waals surface area contributed by atoms with Gasteiger partial charge in [0.2, 0.25) is 0 Å². The summed E-state index contributed by atoms with van der Waals surface area (Å²) in [5, 5.41) is 9.94. The highest BCUT2D eigenvalue weighted by Crippen LogP contribution is 2.27. The SMILES string of the molecule is CC(O)c1cccc(S(=O)(=O)Nc2ccc(Br)c(Cl)c2)c1. The van der Waals surface area contributed by atoms with E-state index < -0.39 is 16.1 Å². The van der Waals surface area contributed by atoms with Crippen LogP contribution in [0.5, 0.6) is 0 Å². The number of sulfonamides is 1. The molecule has 4 nitrogen and oxygen atoms in total. The molecule has 1 unspecified atom stereocenters. The maximum absolute atomic E-state index is 12.3. The zero-order valence-corrected chi connectivity index (χ0v) is 14.2. The second-order valence-corrected chi connectivity index (χ2v) is 7.43. The van der Waals surface area contributed by atoms with Crippen LogP contribution in [0, 0.1) is 0 Å². The van der Waals surface area contributed by atoms with Crippen molar-refractivity contribution in [2.75, 3.05) is 4.72 Å². The van der Waals surface area contributed by atoms with E-state index in [9.17, 15) is 13.5 Å². The number of hydrogen-bond acceptors (Lipinski definition) is 3. The van der Waals surface area contributed by atoms with Gasteiger partial charge in [0.05, 0.1) is 21.7 Å². The summed E-state index contributed by atoms with van der Waals surface area (Å²) in [5.41, 5.74) is 0.900. The van der Waals surface area contributed by atoms with Crippen LogP contribution >= 0.6 is 27.5 Å². The third-order valence-electron chi connectivity index (χ3n) is 2.82. The molecule has 0 bridgehead atoms. The molecule has 2 aromatic carbocycles. The van der Waals surface area contributed by atoms with Crippen LogP contribution in [0.2, 0.25) is 5.02 Å². The Bertz CT molecular complexity index is 763. The molecule has 0 radical (unpaired) electrons. The first kappa shape index (κ1) is 16.3. The van der Waals surface area contributed by atoms with Crippen LogP contribution in [-0.2, 0) is 10.0 Å². The Labute approximate surface area is 136 Å².